The van der Waals surface area contributed by atoms with Gasteiger partial charge in [-0.15, -0.1) is 0 Å². The molecule has 0 fully saturated rings. The minimum absolute atomic E-state index is 0.0600. The monoisotopic (exact) mass is 348 g/mol. The number of hydrogen-bond acceptors (Lipinski definition) is 4. The van der Waals surface area contributed by atoms with E-state index < -0.39 is 12.3 Å². The molecule has 0 saturated heterocycles. The van der Waals surface area contributed by atoms with Crippen molar-refractivity contribution in [1.82, 2.24) is 0 Å². The second-order valence-electron chi connectivity index (χ2n) is 6.66. The number of ether oxygens (including phenoxy) is 2. The molecule has 0 amide bonds. The predicted octanol–water partition coefficient (Wildman–Crippen LogP) is 5.63. The molecule has 0 aliphatic rings. The molecule has 0 spiro atoms. The molecule has 0 saturated carbocycles. The Morgan fingerprint density at radius 3 is 2.36 bits per heavy atom. The maximum absolute atomic E-state index is 13.2. The van der Waals surface area contributed by atoms with Gasteiger partial charge in [0.15, 0.2) is 5.78 Å². The van der Waals surface area contributed by atoms with Crippen molar-refractivity contribution in [2.75, 3.05) is 7.11 Å². The Labute approximate surface area is 151 Å². The van der Waals surface area contributed by atoms with Gasteiger partial charge < -0.3 is 9.47 Å². The quantitative estimate of drug-likeness (QED) is 0.312. The average molecular weight is 348 g/mol. The van der Waals surface area contributed by atoms with E-state index in [2.05, 4.69) is 11.7 Å². The maximum atomic E-state index is 13.2. The van der Waals surface area contributed by atoms with Gasteiger partial charge in [0.25, 0.3) is 0 Å². The van der Waals surface area contributed by atoms with Gasteiger partial charge in [0.05, 0.1) is 13.0 Å². The molecule has 0 heterocycles. The predicted molar refractivity (Wildman–Crippen MR) is 100 cm³/mol. The first-order valence-electron chi connectivity index (χ1n) is 9.30. The van der Waals surface area contributed by atoms with Gasteiger partial charge >= 0.3 is 6.16 Å². The Balaban J connectivity index is 3.01. The standard InChI is InChI=1S/C21H32O4/c1-6-8-9-10-11-18(19(7-2)25-21(23)24-5)20(22)17-13-12-15(3)14-16(17)4/h12-14,18-19H,6-11H2,1-5H3. The molecule has 1 aromatic carbocycles. The molecule has 2 unspecified atom stereocenters. The van der Waals surface area contributed by atoms with Gasteiger partial charge in [-0.3, -0.25) is 4.79 Å². The van der Waals surface area contributed by atoms with Gasteiger partial charge in [0.1, 0.15) is 6.10 Å². The zero-order chi connectivity index (χ0) is 18.8. The summed E-state index contributed by atoms with van der Waals surface area (Å²) in [5.74, 6) is -0.271. The normalized spacial score (nSPS) is 13.2. The summed E-state index contributed by atoms with van der Waals surface area (Å²) in [5, 5.41) is 0. The van der Waals surface area contributed by atoms with Gasteiger partial charge in [0.2, 0.25) is 0 Å². The van der Waals surface area contributed by atoms with Crippen LogP contribution in [0.5, 0.6) is 0 Å². The van der Waals surface area contributed by atoms with E-state index in [-0.39, 0.29) is 11.7 Å². The first-order chi connectivity index (χ1) is 11.9. The van der Waals surface area contributed by atoms with Crippen molar-refractivity contribution >= 4 is 11.9 Å². The number of carbonyl (C=O) groups is 2. The summed E-state index contributed by atoms with van der Waals surface area (Å²) in [6.07, 6.45) is 4.47. The highest BCUT2D eigenvalue weighted by molar-refractivity contribution is 5.99. The van der Waals surface area contributed by atoms with Crippen LogP contribution in [0.4, 0.5) is 4.79 Å². The van der Waals surface area contributed by atoms with Gasteiger partial charge in [-0.05, 0) is 32.3 Å². The molecule has 4 heteroatoms. The number of Topliss-reactive ketones (excluding diaryl/α,β-unsaturated/α-hetero) is 1. The molecule has 1 rings (SSSR count). The van der Waals surface area contributed by atoms with E-state index in [1.54, 1.807) is 0 Å². The summed E-state index contributed by atoms with van der Waals surface area (Å²) in [6, 6.07) is 5.86. The average Bonchev–Trinajstić information content (AvgIpc) is 2.59. The molecule has 0 aliphatic carbocycles. The minimum atomic E-state index is -0.723. The summed E-state index contributed by atoms with van der Waals surface area (Å²) < 4.78 is 10.0. The van der Waals surface area contributed by atoms with E-state index in [0.717, 1.165) is 48.8 Å². The number of ketones is 1. The van der Waals surface area contributed by atoms with E-state index in [0.29, 0.717) is 6.42 Å². The van der Waals surface area contributed by atoms with Crippen LogP contribution < -0.4 is 0 Å². The molecule has 25 heavy (non-hydrogen) atoms. The Kier molecular flexibility index (Phi) is 9.25. The molecular formula is C21H32O4. The molecule has 0 radical (unpaired) electrons. The van der Waals surface area contributed by atoms with Gasteiger partial charge in [0, 0.05) is 5.56 Å². The van der Waals surface area contributed by atoms with Crippen LogP contribution in [0.1, 0.15) is 73.9 Å². The third kappa shape index (κ3) is 6.52. The minimum Gasteiger partial charge on any atom is -0.438 e. The van der Waals surface area contributed by atoms with Crippen LogP contribution in [-0.2, 0) is 9.47 Å². The lowest BCUT2D eigenvalue weighted by atomic mass is 9.85. The largest absolute Gasteiger partial charge is 0.508 e. The molecular weight excluding hydrogens is 316 g/mol. The van der Waals surface area contributed by atoms with Crippen molar-refractivity contribution in [3.8, 4) is 0 Å². The lowest BCUT2D eigenvalue weighted by Gasteiger charge is -2.25. The van der Waals surface area contributed by atoms with Crippen molar-refractivity contribution in [2.24, 2.45) is 5.92 Å². The number of unbranched alkanes of at least 4 members (excludes halogenated alkanes) is 3. The smallest absolute Gasteiger partial charge is 0.438 e. The van der Waals surface area contributed by atoms with Crippen molar-refractivity contribution in [1.29, 1.82) is 0 Å². The third-order valence-electron chi connectivity index (χ3n) is 4.62. The topological polar surface area (TPSA) is 52.6 Å². The highest BCUT2D eigenvalue weighted by Gasteiger charge is 2.31. The zero-order valence-corrected chi connectivity index (χ0v) is 16.3. The number of aryl methyl sites for hydroxylation is 2. The first-order valence-corrected chi connectivity index (χ1v) is 9.30. The van der Waals surface area contributed by atoms with E-state index in [9.17, 15) is 9.59 Å². The fourth-order valence-electron chi connectivity index (χ4n) is 3.19. The van der Waals surface area contributed by atoms with Crippen LogP contribution in [0.3, 0.4) is 0 Å². The van der Waals surface area contributed by atoms with Gasteiger partial charge in [-0.25, -0.2) is 4.79 Å². The highest BCUT2D eigenvalue weighted by Crippen LogP contribution is 2.26. The van der Waals surface area contributed by atoms with Crippen molar-refractivity contribution in [3.63, 3.8) is 0 Å². The second kappa shape index (κ2) is 10.9. The van der Waals surface area contributed by atoms with Crippen LogP contribution in [0.15, 0.2) is 18.2 Å². The Bertz CT molecular complexity index is 565. The summed E-state index contributed by atoms with van der Waals surface area (Å²) >= 11 is 0. The van der Waals surface area contributed by atoms with E-state index in [1.807, 2.05) is 39.0 Å². The number of methoxy groups -OCH3 is 1. The molecule has 140 valence electrons. The van der Waals surface area contributed by atoms with Crippen LogP contribution >= 0.6 is 0 Å². The van der Waals surface area contributed by atoms with Crippen molar-refractivity contribution in [3.05, 3.63) is 34.9 Å². The maximum Gasteiger partial charge on any atom is 0.508 e. The van der Waals surface area contributed by atoms with Crippen LogP contribution in [-0.4, -0.2) is 25.2 Å². The Hall–Kier alpha value is -1.84. The SMILES string of the molecule is CCCCCCC(C(=O)c1ccc(C)cc1C)C(CC)OC(=O)OC. The molecule has 1 aromatic rings. The van der Waals surface area contributed by atoms with Gasteiger partial charge in [-0.2, -0.15) is 0 Å². The van der Waals surface area contributed by atoms with Crippen molar-refractivity contribution < 1.29 is 19.1 Å². The molecule has 2 atom stereocenters. The lowest BCUT2D eigenvalue weighted by Crippen LogP contribution is -2.33. The number of benzene rings is 1. The zero-order valence-electron chi connectivity index (χ0n) is 16.3. The van der Waals surface area contributed by atoms with Gasteiger partial charge in [-0.1, -0.05) is 63.3 Å². The summed E-state index contributed by atoms with van der Waals surface area (Å²) in [7, 11) is 1.29. The first kappa shape index (κ1) is 21.2. The fourth-order valence-corrected chi connectivity index (χ4v) is 3.19. The summed E-state index contributed by atoms with van der Waals surface area (Å²) in [6.45, 7) is 8.06. The molecule has 0 N–H and O–H groups in total. The molecule has 0 aliphatic heterocycles. The Morgan fingerprint density at radius 2 is 1.80 bits per heavy atom. The second-order valence-corrected chi connectivity index (χ2v) is 6.66. The number of hydrogen-bond donors (Lipinski definition) is 0. The van der Waals surface area contributed by atoms with Crippen LogP contribution in [0.2, 0.25) is 0 Å². The third-order valence-corrected chi connectivity index (χ3v) is 4.62. The Morgan fingerprint density at radius 1 is 1.08 bits per heavy atom. The van der Waals surface area contributed by atoms with Crippen molar-refractivity contribution in [2.45, 2.75) is 72.3 Å². The number of carbonyl (C=O) groups excluding carboxylic acids is 2. The molecule has 4 nitrogen and oxygen atoms in total. The van der Waals surface area contributed by atoms with Crippen LogP contribution in [0, 0.1) is 19.8 Å². The summed E-state index contributed by atoms with van der Waals surface area (Å²) in [5.41, 5.74) is 2.82. The summed E-state index contributed by atoms with van der Waals surface area (Å²) in [4.78, 5) is 24.8. The molecule has 0 bridgehead atoms. The lowest BCUT2D eigenvalue weighted by molar-refractivity contribution is 0.0111. The molecule has 0 aromatic heterocycles. The van der Waals surface area contributed by atoms with E-state index in [4.69, 9.17) is 4.74 Å². The highest BCUT2D eigenvalue weighted by atomic mass is 16.7. The van der Waals surface area contributed by atoms with E-state index in [1.165, 1.54) is 7.11 Å². The number of rotatable bonds is 10. The fraction of sp³-hybridized carbons (Fsp3) is 0.619. The van der Waals surface area contributed by atoms with E-state index >= 15 is 0 Å². The van der Waals surface area contributed by atoms with Crippen LogP contribution in [0.25, 0.3) is 0 Å².